The fourth-order valence-corrected chi connectivity index (χ4v) is 0.845. The monoisotopic (exact) mass is 186 g/mol. The van der Waals surface area contributed by atoms with Crippen LogP contribution in [-0.2, 0) is 11.2 Å². The first-order valence-electron chi connectivity index (χ1n) is 3.65. The molecule has 1 unspecified atom stereocenters. The second-order valence-electron chi connectivity index (χ2n) is 2.71. The Morgan fingerprint density at radius 3 is 2.77 bits per heavy atom. The third kappa shape index (κ3) is 1.97. The highest BCUT2D eigenvalue weighted by molar-refractivity contribution is 5.73. The summed E-state index contributed by atoms with van der Waals surface area (Å²) < 4.78 is 4.43. The van der Waals surface area contributed by atoms with Crippen molar-refractivity contribution >= 4 is 5.97 Å². The van der Waals surface area contributed by atoms with Crippen LogP contribution in [0.2, 0.25) is 0 Å². The van der Waals surface area contributed by atoms with Gasteiger partial charge in [0.05, 0.1) is 11.3 Å². The number of hydrogen-bond acceptors (Lipinski definition) is 5. The van der Waals surface area contributed by atoms with Gasteiger partial charge in [-0.25, -0.2) is 0 Å². The van der Waals surface area contributed by atoms with Crippen molar-refractivity contribution in [3.8, 4) is 5.95 Å². The van der Waals surface area contributed by atoms with E-state index in [9.17, 15) is 4.79 Å². The number of carbonyl (C=O) groups is 1. The van der Waals surface area contributed by atoms with Crippen molar-refractivity contribution in [2.45, 2.75) is 19.4 Å². The molecule has 4 N–H and O–H groups in total. The standard InChI is InChI=1S/C7H10N2O4/c1-3-5(9-13-7(3)12)2-4(8)6(10)11/h4,12H,2,8H2,1H3,(H,10,11). The number of nitrogens with two attached hydrogens (primary N) is 1. The van der Waals surface area contributed by atoms with Crippen LogP contribution in [-0.4, -0.2) is 27.4 Å². The number of aromatic hydroxyl groups is 1. The minimum absolute atomic E-state index is 0.0469. The highest BCUT2D eigenvalue weighted by Crippen LogP contribution is 2.19. The van der Waals surface area contributed by atoms with Gasteiger partial charge < -0.3 is 20.5 Å². The highest BCUT2D eigenvalue weighted by Gasteiger charge is 2.18. The van der Waals surface area contributed by atoms with Crippen molar-refractivity contribution in [1.82, 2.24) is 5.16 Å². The molecule has 1 atom stereocenters. The van der Waals surface area contributed by atoms with E-state index in [1.165, 1.54) is 0 Å². The van der Waals surface area contributed by atoms with Crippen LogP contribution in [0.3, 0.4) is 0 Å². The van der Waals surface area contributed by atoms with E-state index in [0.717, 1.165) is 0 Å². The molecule has 1 aromatic heterocycles. The second kappa shape index (κ2) is 3.44. The largest absolute Gasteiger partial charge is 0.480 e. The predicted molar refractivity (Wildman–Crippen MR) is 42.2 cm³/mol. The quantitative estimate of drug-likeness (QED) is 0.594. The van der Waals surface area contributed by atoms with Crippen LogP contribution in [0.25, 0.3) is 0 Å². The number of carboxylic acid groups (broad SMARTS) is 1. The van der Waals surface area contributed by atoms with Crippen molar-refractivity contribution in [1.29, 1.82) is 0 Å². The van der Waals surface area contributed by atoms with Crippen molar-refractivity contribution in [3.63, 3.8) is 0 Å². The van der Waals surface area contributed by atoms with E-state index in [1.54, 1.807) is 6.92 Å². The molecule has 0 radical (unpaired) electrons. The summed E-state index contributed by atoms with van der Waals surface area (Å²) in [6, 6.07) is -1.02. The summed E-state index contributed by atoms with van der Waals surface area (Å²) in [6.07, 6.45) is 0.0469. The molecule has 0 spiro atoms. The van der Waals surface area contributed by atoms with Gasteiger partial charge in [0.25, 0.3) is 0 Å². The number of nitrogens with zero attached hydrogens (tertiary/aromatic N) is 1. The second-order valence-corrected chi connectivity index (χ2v) is 2.71. The lowest BCUT2D eigenvalue weighted by Gasteiger charge is -2.02. The lowest BCUT2D eigenvalue weighted by atomic mass is 10.1. The van der Waals surface area contributed by atoms with Crippen LogP contribution in [0, 0.1) is 6.92 Å². The van der Waals surface area contributed by atoms with E-state index in [-0.39, 0.29) is 12.4 Å². The van der Waals surface area contributed by atoms with E-state index >= 15 is 0 Å². The Hall–Kier alpha value is -1.56. The zero-order valence-electron chi connectivity index (χ0n) is 7.02. The summed E-state index contributed by atoms with van der Waals surface area (Å²) in [7, 11) is 0. The Bertz CT molecular complexity index is 320. The Kier molecular flexibility index (Phi) is 2.52. The van der Waals surface area contributed by atoms with E-state index in [4.69, 9.17) is 15.9 Å². The number of aromatic nitrogens is 1. The molecule has 13 heavy (non-hydrogen) atoms. The van der Waals surface area contributed by atoms with Gasteiger partial charge in [0.1, 0.15) is 6.04 Å². The molecule has 6 nitrogen and oxygen atoms in total. The van der Waals surface area contributed by atoms with Crippen molar-refractivity contribution in [2.75, 3.05) is 0 Å². The van der Waals surface area contributed by atoms with Crippen molar-refractivity contribution in [2.24, 2.45) is 5.73 Å². The molecule has 0 aliphatic carbocycles. The van der Waals surface area contributed by atoms with Gasteiger partial charge in [0.15, 0.2) is 0 Å². The summed E-state index contributed by atoms with van der Waals surface area (Å²) in [6.45, 7) is 1.58. The first-order chi connectivity index (χ1) is 6.02. The molecule has 72 valence electrons. The first-order valence-corrected chi connectivity index (χ1v) is 3.65. The number of carboxylic acids is 1. The Labute approximate surface area is 73.9 Å². The average molecular weight is 186 g/mol. The van der Waals surface area contributed by atoms with E-state index in [0.29, 0.717) is 11.3 Å². The van der Waals surface area contributed by atoms with Crippen molar-refractivity contribution < 1.29 is 19.5 Å². The molecule has 1 heterocycles. The smallest absolute Gasteiger partial charge is 0.320 e. The molecule has 0 aromatic carbocycles. The number of aliphatic carboxylic acids is 1. The van der Waals surface area contributed by atoms with Gasteiger partial charge in [0.2, 0.25) is 0 Å². The first kappa shape index (κ1) is 9.53. The molecule has 1 aromatic rings. The van der Waals surface area contributed by atoms with E-state index < -0.39 is 12.0 Å². The van der Waals surface area contributed by atoms with E-state index in [1.807, 2.05) is 0 Å². The zero-order chi connectivity index (χ0) is 10.0. The summed E-state index contributed by atoms with van der Waals surface area (Å²) >= 11 is 0. The molecular formula is C7H10N2O4. The summed E-state index contributed by atoms with van der Waals surface area (Å²) in [5, 5.41) is 20.9. The summed E-state index contributed by atoms with van der Waals surface area (Å²) in [5.74, 6) is -1.41. The van der Waals surface area contributed by atoms with E-state index in [2.05, 4.69) is 9.68 Å². The lowest BCUT2D eigenvalue weighted by Crippen LogP contribution is -2.32. The van der Waals surface area contributed by atoms with Gasteiger partial charge >= 0.3 is 11.9 Å². The third-order valence-electron chi connectivity index (χ3n) is 1.73. The summed E-state index contributed by atoms with van der Waals surface area (Å²) in [4.78, 5) is 10.4. The van der Waals surface area contributed by atoms with Gasteiger partial charge in [-0.2, -0.15) is 0 Å². The lowest BCUT2D eigenvalue weighted by molar-refractivity contribution is -0.138. The van der Waals surface area contributed by atoms with Gasteiger partial charge in [-0.15, -0.1) is 0 Å². The van der Waals surface area contributed by atoms with Gasteiger partial charge in [-0.1, -0.05) is 5.16 Å². The van der Waals surface area contributed by atoms with Gasteiger partial charge in [-0.3, -0.25) is 4.79 Å². The van der Waals surface area contributed by atoms with Crippen LogP contribution in [0.4, 0.5) is 0 Å². The Morgan fingerprint density at radius 2 is 2.38 bits per heavy atom. The molecule has 0 aliphatic heterocycles. The zero-order valence-corrected chi connectivity index (χ0v) is 7.02. The average Bonchev–Trinajstić information content (AvgIpc) is 2.36. The fraction of sp³-hybridized carbons (Fsp3) is 0.429. The molecular weight excluding hydrogens is 176 g/mol. The molecule has 0 bridgehead atoms. The van der Waals surface area contributed by atoms with Crippen molar-refractivity contribution in [3.05, 3.63) is 11.3 Å². The Morgan fingerprint density at radius 1 is 1.77 bits per heavy atom. The third-order valence-corrected chi connectivity index (χ3v) is 1.73. The predicted octanol–water partition coefficient (Wildman–Crippen LogP) is -0.357. The van der Waals surface area contributed by atoms with Crippen LogP contribution in [0.5, 0.6) is 5.95 Å². The molecule has 1 rings (SSSR count). The maximum atomic E-state index is 10.4. The molecule has 0 amide bonds. The molecule has 0 saturated heterocycles. The van der Waals surface area contributed by atoms with Crippen LogP contribution in [0.1, 0.15) is 11.3 Å². The molecule has 0 fully saturated rings. The normalized spacial score (nSPS) is 12.8. The topological polar surface area (TPSA) is 110 Å². The maximum Gasteiger partial charge on any atom is 0.320 e. The minimum Gasteiger partial charge on any atom is -0.480 e. The number of hydrogen-bond donors (Lipinski definition) is 3. The molecule has 6 heteroatoms. The van der Waals surface area contributed by atoms with Gasteiger partial charge in [-0.05, 0) is 6.92 Å². The SMILES string of the molecule is Cc1c(CC(N)C(=O)O)noc1O. The fourth-order valence-electron chi connectivity index (χ4n) is 0.845. The van der Waals surface area contributed by atoms with Crippen LogP contribution in [0.15, 0.2) is 4.52 Å². The molecule has 0 aliphatic rings. The maximum absolute atomic E-state index is 10.4. The number of rotatable bonds is 3. The van der Waals surface area contributed by atoms with Gasteiger partial charge in [0, 0.05) is 6.42 Å². The minimum atomic E-state index is -1.11. The highest BCUT2D eigenvalue weighted by atomic mass is 16.5. The molecule has 0 saturated carbocycles. The van der Waals surface area contributed by atoms with Crippen LogP contribution >= 0.6 is 0 Å². The summed E-state index contributed by atoms with van der Waals surface area (Å²) in [5.41, 5.74) is 6.06. The Balaban J connectivity index is 2.74. The van der Waals surface area contributed by atoms with Crippen LogP contribution < -0.4 is 5.73 Å².